The third kappa shape index (κ3) is 5.07. The van der Waals surface area contributed by atoms with E-state index < -0.39 is 12.1 Å². The number of carbonyl (C=O) groups is 2. The van der Waals surface area contributed by atoms with Crippen LogP contribution in [0.2, 0.25) is 10.0 Å². The van der Waals surface area contributed by atoms with Gasteiger partial charge in [-0.2, -0.15) is 0 Å². The predicted molar refractivity (Wildman–Crippen MR) is 111 cm³/mol. The van der Waals surface area contributed by atoms with Crippen LogP contribution in [0.15, 0.2) is 52.4 Å². The van der Waals surface area contributed by atoms with Crippen molar-refractivity contribution in [1.29, 1.82) is 0 Å². The summed E-state index contributed by atoms with van der Waals surface area (Å²) in [5.41, 5.74) is 1.19. The quantitative estimate of drug-likeness (QED) is 0.660. The number of amides is 1. The number of halogens is 2. The first-order valence-electron chi connectivity index (χ1n) is 8.06. The standard InChI is InChI=1S/C19H14Cl2N2O4S/c1-10(18(25)26)27-13-4-2-3-11(7-13)8-16-17(24)23-19(28-16)22-15-6-5-12(20)9-14(15)21/h2-10H,1H3,(H,25,26)(H,22,23,24)/b16-8+. The highest BCUT2D eigenvalue weighted by atomic mass is 35.5. The first-order chi connectivity index (χ1) is 13.3. The number of carboxylic acid groups (broad SMARTS) is 1. The Hall–Kier alpha value is -2.48. The maximum atomic E-state index is 12.2. The Labute approximate surface area is 175 Å². The maximum absolute atomic E-state index is 12.2. The lowest BCUT2D eigenvalue weighted by atomic mass is 10.2. The van der Waals surface area contributed by atoms with Crippen LogP contribution in [-0.2, 0) is 9.59 Å². The van der Waals surface area contributed by atoms with Gasteiger partial charge in [0.2, 0.25) is 0 Å². The van der Waals surface area contributed by atoms with E-state index in [4.69, 9.17) is 33.0 Å². The monoisotopic (exact) mass is 436 g/mol. The number of hydrogen-bond acceptors (Lipinski definition) is 5. The molecule has 1 amide bonds. The molecule has 1 aliphatic heterocycles. The van der Waals surface area contributed by atoms with Gasteiger partial charge in [-0.15, -0.1) is 0 Å². The summed E-state index contributed by atoms with van der Waals surface area (Å²) >= 11 is 13.1. The number of benzene rings is 2. The van der Waals surface area contributed by atoms with E-state index in [1.165, 1.54) is 18.7 Å². The summed E-state index contributed by atoms with van der Waals surface area (Å²) in [6.07, 6.45) is 0.694. The molecule has 2 aromatic carbocycles. The zero-order chi connectivity index (χ0) is 20.3. The number of nitrogens with one attached hydrogen (secondary N) is 1. The Bertz CT molecular complexity index is 1010. The number of carboxylic acids is 1. The molecule has 9 heteroatoms. The third-order valence-electron chi connectivity index (χ3n) is 3.60. The van der Waals surface area contributed by atoms with Crippen LogP contribution in [0.4, 0.5) is 5.69 Å². The van der Waals surface area contributed by atoms with Crippen molar-refractivity contribution in [3.63, 3.8) is 0 Å². The van der Waals surface area contributed by atoms with Gasteiger partial charge in [0.1, 0.15) is 5.75 Å². The SMILES string of the molecule is CC(Oc1cccc(/C=C2/SC(=Nc3ccc(Cl)cc3Cl)NC2=O)c1)C(=O)O. The number of thioether (sulfide) groups is 1. The molecule has 1 heterocycles. The Balaban J connectivity index is 1.79. The van der Waals surface area contributed by atoms with Crippen LogP contribution in [0.1, 0.15) is 12.5 Å². The van der Waals surface area contributed by atoms with Gasteiger partial charge in [-0.1, -0.05) is 35.3 Å². The molecule has 0 spiro atoms. The zero-order valence-corrected chi connectivity index (χ0v) is 16.8. The predicted octanol–water partition coefficient (Wildman–Crippen LogP) is 4.74. The van der Waals surface area contributed by atoms with E-state index in [0.29, 0.717) is 37.1 Å². The van der Waals surface area contributed by atoms with Crippen LogP contribution in [0, 0.1) is 0 Å². The fourth-order valence-electron chi connectivity index (χ4n) is 2.25. The molecule has 0 radical (unpaired) electrons. The second-order valence-corrected chi connectivity index (χ2v) is 7.62. The summed E-state index contributed by atoms with van der Waals surface area (Å²) in [5.74, 6) is -0.954. The molecule has 2 aromatic rings. The lowest BCUT2D eigenvalue weighted by molar-refractivity contribution is -0.144. The van der Waals surface area contributed by atoms with Crippen molar-refractivity contribution in [3.05, 3.63) is 63.0 Å². The normalized spacial score (nSPS) is 17.6. The van der Waals surface area contributed by atoms with Gasteiger partial charge in [0.15, 0.2) is 11.3 Å². The molecule has 1 unspecified atom stereocenters. The van der Waals surface area contributed by atoms with Crippen LogP contribution in [0.25, 0.3) is 6.08 Å². The fraction of sp³-hybridized carbons (Fsp3) is 0.105. The zero-order valence-electron chi connectivity index (χ0n) is 14.5. The summed E-state index contributed by atoms with van der Waals surface area (Å²) in [6, 6.07) is 11.7. The number of aliphatic imine (C=N–C) groups is 1. The third-order valence-corrected chi connectivity index (χ3v) is 5.05. The summed E-state index contributed by atoms with van der Waals surface area (Å²) in [4.78, 5) is 27.9. The Morgan fingerprint density at radius 2 is 2.07 bits per heavy atom. The topological polar surface area (TPSA) is 88.0 Å². The van der Waals surface area contributed by atoms with Gasteiger partial charge in [-0.25, -0.2) is 9.79 Å². The van der Waals surface area contributed by atoms with Crippen molar-refractivity contribution in [2.75, 3.05) is 0 Å². The van der Waals surface area contributed by atoms with Crippen molar-refractivity contribution in [1.82, 2.24) is 5.32 Å². The number of rotatable bonds is 5. The molecular formula is C19H14Cl2N2O4S. The van der Waals surface area contributed by atoms with E-state index in [1.54, 1.807) is 48.5 Å². The molecule has 1 atom stereocenters. The largest absolute Gasteiger partial charge is 0.479 e. The molecule has 2 N–H and O–H groups in total. The minimum absolute atomic E-state index is 0.293. The second-order valence-electron chi connectivity index (χ2n) is 5.75. The molecular weight excluding hydrogens is 423 g/mol. The van der Waals surface area contributed by atoms with Crippen LogP contribution in [0.5, 0.6) is 5.75 Å². The molecule has 0 aromatic heterocycles. The highest BCUT2D eigenvalue weighted by Crippen LogP contribution is 2.32. The summed E-state index contributed by atoms with van der Waals surface area (Å²) in [5, 5.41) is 12.9. The molecule has 1 fully saturated rings. The van der Waals surface area contributed by atoms with Gasteiger partial charge in [0.05, 0.1) is 15.6 Å². The molecule has 3 rings (SSSR count). The van der Waals surface area contributed by atoms with Crippen LogP contribution < -0.4 is 10.1 Å². The molecule has 0 bridgehead atoms. The van der Waals surface area contributed by atoms with Gasteiger partial charge in [-0.05, 0) is 60.7 Å². The summed E-state index contributed by atoms with van der Waals surface area (Å²) in [6.45, 7) is 1.44. The van der Waals surface area contributed by atoms with Gasteiger partial charge < -0.3 is 15.2 Å². The number of amidine groups is 1. The number of hydrogen-bond donors (Lipinski definition) is 2. The molecule has 144 valence electrons. The fourth-order valence-corrected chi connectivity index (χ4v) is 3.53. The Morgan fingerprint density at radius 3 is 2.79 bits per heavy atom. The van der Waals surface area contributed by atoms with Gasteiger partial charge >= 0.3 is 5.97 Å². The first kappa shape index (κ1) is 20.3. The number of nitrogens with zero attached hydrogens (tertiary/aromatic N) is 1. The molecule has 28 heavy (non-hydrogen) atoms. The Morgan fingerprint density at radius 1 is 1.29 bits per heavy atom. The smallest absolute Gasteiger partial charge is 0.344 e. The lowest BCUT2D eigenvalue weighted by Crippen LogP contribution is -2.22. The van der Waals surface area contributed by atoms with Gasteiger partial charge in [0, 0.05) is 5.02 Å². The van der Waals surface area contributed by atoms with Crippen LogP contribution >= 0.6 is 35.0 Å². The van der Waals surface area contributed by atoms with E-state index in [1.807, 2.05) is 0 Å². The minimum atomic E-state index is -1.06. The van der Waals surface area contributed by atoms with Crippen molar-refractivity contribution in [2.45, 2.75) is 13.0 Å². The number of carbonyl (C=O) groups excluding carboxylic acids is 1. The first-order valence-corrected chi connectivity index (χ1v) is 9.63. The number of aliphatic carboxylic acids is 1. The van der Waals surface area contributed by atoms with E-state index in [0.717, 1.165) is 0 Å². The maximum Gasteiger partial charge on any atom is 0.344 e. The molecule has 0 saturated carbocycles. The van der Waals surface area contributed by atoms with E-state index in [9.17, 15) is 9.59 Å². The minimum Gasteiger partial charge on any atom is -0.479 e. The molecule has 1 aliphatic rings. The summed E-state index contributed by atoms with van der Waals surface area (Å²) < 4.78 is 5.35. The van der Waals surface area contributed by atoms with E-state index in [2.05, 4.69) is 10.3 Å². The molecule has 6 nitrogen and oxygen atoms in total. The Kier molecular flexibility index (Phi) is 6.28. The second kappa shape index (κ2) is 8.68. The van der Waals surface area contributed by atoms with Crippen molar-refractivity contribution in [3.8, 4) is 5.75 Å². The average Bonchev–Trinajstić information content (AvgIpc) is 2.97. The molecule has 0 aliphatic carbocycles. The number of ether oxygens (including phenoxy) is 1. The van der Waals surface area contributed by atoms with Crippen molar-refractivity contribution >= 4 is 63.8 Å². The molecule has 1 saturated heterocycles. The lowest BCUT2D eigenvalue weighted by Gasteiger charge is -2.10. The average molecular weight is 437 g/mol. The van der Waals surface area contributed by atoms with Gasteiger partial charge in [0.25, 0.3) is 5.91 Å². The highest BCUT2D eigenvalue weighted by Gasteiger charge is 2.24. The van der Waals surface area contributed by atoms with Crippen molar-refractivity contribution in [2.24, 2.45) is 4.99 Å². The van der Waals surface area contributed by atoms with Gasteiger partial charge in [-0.3, -0.25) is 4.79 Å². The van der Waals surface area contributed by atoms with E-state index in [-0.39, 0.29) is 5.91 Å². The van der Waals surface area contributed by atoms with Crippen molar-refractivity contribution < 1.29 is 19.4 Å². The highest BCUT2D eigenvalue weighted by molar-refractivity contribution is 8.18. The van der Waals surface area contributed by atoms with Crippen LogP contribution in [0.3, 0.4) is 0 Å². The summed E-state index contributed by atoms with van der Waals surface area (Å²) in [7, 11) is 0. The van der Waals surface area contributed by atoms with E-state index >= 15 is 0 Å². The van der Waals surface area contributed by atoms with Crippen LogP contribution in [-0.4, -0.2) is 28.3 Å².